The molecular formula is C6H4N4OS. The average Bonchev–Trinajstić information content (AvgIpc) is 2.43. The van der Waals surface area contributed by atoms with E-state index in [4.69, 9.17) is 12.2 Å². The van der Waals surface area contributed by atoms with E-state index in [1.54, 1.807) is 6.20 Å². The van der Waals surface area contributed by atoms with Crippen molar-refractivity contribution >= 4 is 24.3 Å². The fraction of sp³-hybridized carbons (Fsp3) is 0. The van der Waals surface area contributed by atoms with Gasteiger partial charge in [0.15, 0.2) is 6.29 Å². The number of fused-ring (bicyclic) bond motifs is 1. The van der Waals surface area contributed by atoms with E-state index >= 15 is 0 Å². The number of aromatic nitrogens is 4. The third-order valence-corrected chi connectivity index (χ3v) is 1.56. The highest BCUT2D eigenvalue weighted by Crippen LogP contribution is 1.96. The van der Waals surface area contributed by atoms with E-state index in [1.807, 2.05) is 0 Å². The normalized spacial score (nSPS) is 10.3. The molecule has 2 heterocycles. The van der Waals surface area contributed by atoms with Gasteiger partial charge in [0.2, 0.25) is 4.77 Å². The topological polar surface area (TPSA) is 63.0 Å². The quantitative estimate of drug-likeness (QED) is 0.515. The Kier molecular flexibility index (Phi) is 1.47. The van der Waals surface area contributed by atoms with E-state index in [1.165, 1.54) is 10.7 Å². The van der Waals surface area contributed by atoms with E-state index in [2.05, 4.69) is 15.1 Å². The van der Waals surface area contributed by atoms with Gasteiger partial charge in [-0.3, -0.25) is 9.89 Å². The van der Waals surface area contributed by atoms with Gasteiger partial charge >= 0.3 is 0 Å². The Balaban J connectivity index is 2.82. The molecule has 0 unspecified atom stereocenters. The first-order valence-corrected chi connectivity index (χ1v) is 3.60. The lowest BCUT2D eigenvalue weighted by Crippen LogP contribution is -1.93. The van der Waals surface area contributed by atoms with Crippen LogP contribution in [-0.4, -0.2) is 25.9 Å². The Labute approximate surface area is 72.1 Å². The van der Waals surface area contributed by atoms with Gasteiger partial charge in [0.25, 0.3) is 5.78 Å². The number of carbonyl (C=O) groups excluding carboxylic acids is 1. The summed E-state index contributed by atoms with van der Waals surface area (Å²) in [6, 6.07) is 0. The van der Waals surface area contributed by atoms with Gasteiger partial charge in [-0.2, -0.15) is 4.98 Å². The van der Waals surface area contributed by atoms with Crippen molar-refractivity contribution in [2.45, 2.75) is 0 Å². The number of hydrogen-bond donors (Lipinski definition) is 1. The fourth-order valence-corrected chi connectivity index (χ4v) is 1.06. The number of H-pyrrole nitrogens is 1. The first-order chi connectivity index (χ1) is 5.79. The minimum absolute atomic E-state index is 0.352. The van der Waals surface area contributed by atoms with Crippen LogP contribution < -0.4 is 0 Å². The molecule has 2 rings (SSSR count). The van der Waals surface area contributed by atoms with Crippen molar-refractivity contribution in [3.05, 3.63) is 22.7 Å². The molecule has 0 aromatic carbocycles. The summed E-state index contributed by atoms with van der Waals surface area (Å²) in [5.41, 5.74) is 0.478. The van der Waals surface area contributed by atoms with Crippen LogP contribution in [0.25, 0.3) is 5.78 Å². The molecule has 12 heavy (non-hydrogen) atoms. The van der Waals surface area contributed by atoms with Gasteiger partial charge in [0.1, 0.15) is 0 Å². The summed E-state index contributed by atoms with van der Waals surface area (Å²) in [4.78, 5) is 18.1. The number of aromatic amines is 1. The van der Waals surface area contributed by atoms with Crippen LogP contribution in [0, 0.1) is 4.77 Å². The first-order valence-electron chi connectivity index (χ1n) is 3.19. The van der Waals surface area contributed by atoms with E-state index in [0.29, 0.717) is 22.4 Å². The molecule has 0 amide bonds. The number of aldehydes is 1. The molecule has 6 heteroatoms. The van der Waals surface area contributed by atoms with Crippen molar-refractivity contribution in [2.75, 3.05) is 0 Å². The van der Waals surface area contributed by atoms with E-state index in [-0.39, 0.29) is 0 Å². The van der Waals surface area contributed by atoms with Crippen LogP contribution in [-0.2, 0) is 0 Å². The molecule has 0 saturated heterocycles. The maximum absolute atomic E-state index is 10.3. The maximum Gasteiger partial charge on any atom is 0.251 e. The van der Waals surface area contributed by atoms with Crippen molar-refractivity contribution in [3.8, 4) is 0 Å². The highest BCUT2D eigenvalue weighted by atomic mass is 32.1. The summed E-state index contributed by atoms with van der Waals surface area (Å²) >= 11 is 4.78. The van der Waals surface area contributed by atoms with Gasteiger partial charge in [-0.25, -0.2) is 9.50 Å². The molecule has 0 spiro atoms. The smallest absolute Gasteiger partial charge is 0.251 e. The summed E-state index contributed by atoms with van der Waals surface area (Å²) in [7, 11) is 0. The van der Waals surface area contributed by atoms with E-state index in [9.17, 15) is 4.79 Å². The SMILES string of the molecule is O=Cc1cnc2nc(=S)[nH]n2c1. The van der Waals surface area contributed by atoms with E-state index < -0.39 is 0 Å². The third-order valence-electron chi connectivity index (χ3n) is 1.38. The predicted octanol–water partition coefficient (Wildman–Crippen LogP) is 0.599. The molecule has 0 saturated carbocycles. The van der Waals surface area contributed by atoms with Crippen molar-refractivity contribution < 1.29 is 4.79 Å². The van der Waals surface area contributed by atoms with Gasteiger partial charge in [0.05, 0.1) is 5.56 Å². The lowest BCUT2D eigenvalue weighted by Gasteiger charge is -1.90. The Morgan fingerprint density at radius 3 is 3.25 bits per heavy atom. The van der Waals surface area contributed by atoms with Crippen LogP contribution in [0.5, 0.6) is 0 Å². The van der Waals surface area contributed by atoms with Crippen molar-refractivity contribution in [3.63, 3.8) is 0 Å². The van der Waals surface area contributed by atoms with Crippen molar-refractivity contribution in [1.82, 2.24) is 19.6 Å². The number of hydrogen-bond acceptors (Lipinski definition) is 4. The Morgan fingerprint density at radius 2 is 2.50 bits per heavy atom. The summed E-state index contributed by atoms with van der Waals surface area (Å²) in [6.07, 6.45) is 3.74. The standard InChI is InChI=1S/C6H4N4OS/c11-3-4-1-7-5-8-6(12)9-10(5)2-4/h1-3H,(H,9,12). The second-order valence-corrected chi connectivity index (χ2v) is 2.59. The predicted molar refractivity (Wildman–Crippen MR) is 43.6 cm³/mol. The van der Waals surface area contributed by atoms with Crippen LogP contribution in [0.4, 0.5) is 0 Å². The largest absolute Gasteiger partial charge is 0.298 e. The molecule has 0 radical (unpaired) electrons. The molecule has 5 nitrogen and oxygen atoms in total. The van der Waals surface area contributed by atoms with Gasteiger partial charge in [-0.1, -0.05) is 0 Å². The molecule has 2 aromatic heterocycles. The lowest BCUT2D eigenvalue weighted by atomic mass is 10.4. The third kappa shape index (κ3) is 1.02. The maximum atomic E-state index is 10.3. The number of nitrogens with zero attached hydrogens (tertiary/aromatic N) is 3. The molecule has 0 atom stereocenters. The molecule has 0 fully saturated rings. The number of carbonyl (C=O) groups is 1. The zero-order valence-corrected chi connectivity index (χ0v) is 6.71. The molecule has 0 aliphatic heterocycles. The van der Waals surface area contributed by atoms with Gasteiger partial charge in [0, 0.05) is 12.4 Å². The van der Waals surface area contributed by atoms with Crippen molar-refractivity contribution in [1.29, 1.82) is 0 Å². The lowest BCUT2D eigenvalue weighted by molar-refractivity contribution is 0.112. The molecule has 2 aromatic rings. The first kappa shape index (κ1) is 7.11. The van der Waals surface area contributed by atoms with E-state index in [0.717, 1.165) is 0 Å². The second kappa shape index (κ2) is 2.49. The molecular weight excluding hydrogens is 176 g/mol. The zero-order chi connectivity index (χ0) is 8.55. The van der Waals surface area contributed by atoms with Crippen LogP contribution >= 0.6 is 12.2 Å². The Morgan fingerprint density at radius 1 is 1.67 bits per heavy atom. The highest BCUT2D eigenvalue weighted by Gasteiger charge is 1.97. The second-order valence-electron chi connectivity index (χ2n) is 2.20. The molecule has 0 aliphatic carbocycles. The monoisotopic (exact) mass is 180 g/mol. The molecule has 0 bridgehead atoms. The van der Waals surface area contributed by atoms with Gasteiger partial charge in [-0.05, 0) is 12.2 Å². The van der Waals surface area contributed by atoms with Gasteiger partial charge < -0.3 is 0 Å². The number of nitrogens with one attached hydrogen (secondary N) is 1. The van der Waals surface area contributed by atoms with Gasteiger partial charge in [-0.15, -0.1) is 0 Å². The summed E-state index contributed by atoms with van der Waals surface area (Å²) in [6.45, 7) is 0. The minimum atomic E-state index is 0.352. The van der Waals surface area contributed by atoms with Crippen molar-refractivity contribution in [2.24, 2.45) is 0 Å². The van der Waals surface area contributed by atoms with Crippen LogP contribution in [0.1, 0.15) is 10.4 Å². The fourth-order valence-electron chi connectivity index (χ4n) is 0.879. The molecule has 0 aliphatic rings. The highest BCUT2D eigenvalue weighted by molar-refractivity contribution is 7.71. The summed E-state index contributed by atoms with van der Waals surface area (Å²) in [5, 5.41) is 2.73. The minimum Gasteiger partial charge on any atom is -0.298 e. The summed E-state index contributed by atoms with van der Waals surface area (Å²) in [5.74, 6) is 0.464. The Hall–Kier alpha value is -1.56. The molecule has 60 valence electrons. The zero-order valence-electron chi connectivity index (χ0n) is 5.89. The van der Waals surface area contributed by atoms with Crippen LogP contribution in [0.2, 0.25) is 0 Å². The summed E-state index contributed by atoms with van der Waals surface area (Å²) < 4.78 is 1.86. The van der Waals surface area contributed by atoms with Crippen LogP contribution in [0.15, 0.2) is 12.4 Å². The van der Waals surface area contributed by atoms with Crippen LogP contribution in [0.3, 0.4) is 0 Å². The number of rotatable bonds is 1. The Bertz CT molecular complexity index is 485. The average molecular weight is 180 g/mol. The molecule has 1 N–H and O–H groups in total.